The molecule has 0 radical (unpaired) electrons. The molecule has 1 fully saturated rings. The van der Waals surface area contributed by atoms with Crippen molar-refractivity contribution in [1.82, 2.24) is 10.2 Å². The van der Waals surface area contributed by atoms with Crippen LogP contribution in [0.3, 0.4) is 0 Å². The topological polar surface area (TPSA) is 44.7 Å². The molecule has 5 heteroatoms. The van der Waals surface area contributed by atoms with Crippen LogP contribution in [-0.4, -0.2) is 46.9 Å². The van der Waals surface area contributed by atoms with Gasteiger partial charge in [-0.1, -0.05) is 44.4 Å². The lowest BCUT2D eigenvalue weighted by Gasteiger charge is -2.22. The average molecular weight is 311 g/mol. The van der Waals surface area contributed by atoms with Gasteiger partial charge in [-0.25, -0.2) is 0 Å². The molecule has 1 saturated carbocycles. The summed E-state index contributed by atoms with van der Waals surface area (Å²) < 4.78 is 0. The van der Waals surface area contributed by atoms with Crippen LogP contribution in [0.2, 0.25) is 0 Å². The lowest BCUT2D eigenvalue weighted by molar-refractivity contribution is -0.121. The van der Waals surface area contributed by atoms with Gasteiger partial charge in [0.05, 0.1) is 11.8 Å². The third-order valence-corrected chi connectivity index (χ3v) is 5.40. The second-order valence-electron chi connectivity index (χ2n) is 6.11. The Morgan fingerprint density at radius 1 is 1.38 bits per heavy atom. The summed E-state index contributed by atoms with van der Waals surface area (Å²) in [6.45, 7) is 7.11. The van der Waals surface area contributed by atoms with Crippen molar-refractivity contribution in [3.05, 3.63) is 0 Å². The minimum absolute atomic E-state index is 0.0514. The third kappa shape index (κ3) is 5.20. The van der Waals surface area contributed by atoms with Crippen LogP contribution in [0, 0.1) is 0 Å². The number of rotatable bonds is 5. The lowest BCUT2D eigenvalue weighted by atomic mass is 10.1. The minimum atomic E-state index is -0.0514. The summed E-state index contributed by atoms with van der Waals surface area (Å²) in [6.07, 6.45) is 8.56. The van der Waals surface area contributed by atoms with Crippen molar-refractivity contribution < 1.29 is 4.79 Å². The SMILES string of the molecule is CCCN1CCN=C1SC(C)C(=O)NC1CCCCCC1. The Kier molecular flexibility index (Phi) is 6.87. The number of aliphatic imine (C=N–C) groups is 1. The monoisotopic (exact) mass is 311 g/mol. The van der Waals surface area contributed by atoms with Crippen LogP contribution >= 0.6 is 11.8 Å². The molecule has 0 aromatic heterocycles. The van der Waals surface area contributed by atoms with Crippen LogP contribution in [0.25, 0.3) is 0 Å². The number of carbonyl (C=O) groups excluding carboxylic acids is 1. The van der Waals surface area contributed by atoms with E-state index in [1.807, 2.05) is 6.92 Å². The molecular weight excluding hydrogens is 282 g/mol. The third-order valence-electron chi connectivity index (χ3n) is 4.23. The number of nitrogens with one attached hydrogen (secondary N) is 1. The molecule has 0 saturated heterocycles. The number of carbonyl (C=O) groups is 1. The van der Waals surface area contributed by atoms with Gasteiger partial charge < -0.3 is 10.2 Å². The maximum atomic E-state index is 12.4. The highest BCUT2D eigenvalue weighted by Gasteiger charge is 2.24. The molecule has 1 heterocycles. The Bertz CT molecular complexity index is 365. The fourth-order valence-electron chi connectivity index (χ4n) is 3.01. The summed E-state index contributed by atoms with van der Waals surface area (Å²) in [6, 6.07) is 0.389. The van der Waals surface area contributed by atoms with Crippen molar-refractivity contribution in [2.24, 2.45) is 4.99 Å². The van der Waals surface area contributed by atoms with Crippen LogP contribution in [0.4, 0.5) is 0 Å². The van der Waals surface area contributed by atoms with E-state index in [1.54, 1.807) is 11.8 Å². The fourth-order valence-corrected chi connectivity index (χ4v) is 3.99. The number of hydrogen-bond acceptors (Lipinski definition) is 4. The van der Waals surface area contributed by atoms with Gasteiger partial charge >= 0.3 is 0 Å². The Labute approximate surface area is 133 Å². The van der Waals surface area contributed by atoms with Crippen LogP contribution in [0.15, 0.2) is 4.99 Å². The molecule has 0 aromatic rings. The van der Waals surface area contributed by atoms with Crippen molar-refractivity contribution in [2.45, 2.75) is 70.1 Å². The van der Waals surface area contributed by atoms with Gasteiger partial charge in [-0.2, -0.15) is 0 Å². The van der Waals surface area contributed by atoms with Gasteiger partial charge in [-0.3, -0.25) is 9.79 Å². The first kappa shape index (κ1) is 16.7. The molecule has 1 amide bonds. The second-order valence-corrected chi connectivity index (χ2v) is 7.42. The Hall–Kier alpha value is -0.710. The summed E-state index contributed by atoms with van der Waals surface area (Å²) in [4.78, 5) is 19.2. The van der Waals surface area contributed by atoms with Crippen LogP contribution in [-0.2, 0) is 4.79 Å². The molecule has 120 valence electrons. The molecule has 21 heavy (non-hydrogen) atoms. The van der Waals surface area contributed by atoms with Gasteiger partial charge in [-0.15, -0.1) is 0 Å². The zero-order chi connectivity index (χ0) is 15.1. The van der Waals surface area contributed by atoms with E-state index in [2.05, 4.69) is 22.1 Å². The molecule has 1 unspecified atom stereocenters. The van der Waals surface area contributed by atoms with Crippen LogP contribution < -0.4 is 5.32 Å². The van der Waals surface area contributed by atoms with E-state index in [0.717, 1.165) is 44.1 Å². The Morgan fingerprint density at radius 3 is 2.76 bits per heavy atom. The number of nitrogens with zero attached hydrogens (tertiary/aromatic N) is 2. The van der Waals surface area contributed by atoms with Gasteiger partial charge in [0.2, 0.25) is 5.91 Å². The molecule has 1 N–H and O–H groups in total. The van der Waals surface area contributed by atoms with Gasteiger partial charge in [-0.05, 0) is 26.2 Å². The summed E-state index contributed by atoms with van der Waals surface area (Å²) in [5.74, 6) is 0.179. The van der Waals surface area contributed by atoms with Crippen LogP contribution in [0.1, 0.15) is 58.8 Å². The molecule has 2 rings (SSSR count). The molecular formula is C16H29N3OS. The lowest BCUT2D eigenvalue weighted by Crippen LogP contribution is -2.40. The van der Waals surface area contributed by atoms with E-state index >= 15 is 0 Å². The van der Waals surface area contributed by atoms with Crippen molar-refractivity contribution in [1.29, 1.82) is 0 Å². The molecule has 1 aliphatic carbocycles. The number of thioether (sulfide) groups is 1. The van der Waals surface area contributed by atoms with Crippen molar-refractivity contribution >= 4 is 22.8 Å². The summed E-state index contributed by atoms with van der Waals surface area (Å²) >= 11 is 1.62. The fraction of sp³-hybridized carbons (Fsp3) is 0.875. The largest absolute Gasteiger partial charge is 0.352 e. The summed E-state index contributed by atoms with van der Waals surface area (Å²) in [5, 5.41) is 4.25. The van der Waals surface area contributed by atoms with Crippen molar-refractivity contribution in [2.75, 3.05) is 19.6 Å². The van der Waals surface area contributed by atoms with E-state index < -0.39 is 0 Å². The smallest absolute Gasteiger partial charge is 0.233 e. The highest BCUT2D eigenvalue weighted by molar-refractivity contribution is 8.14. The van der Waals surface area contributed by atoms with Gasteiger partial charge in [0.15, 0.2) is 5.17 Å². The quantitative estimate of drug-likeness (QED) is 0.794. The highest BCUT2D eigenvalue weighted by Crippen LogP contribution is 2.21. The van der Waals surface area contributed by atoms with E-state index in [1.165, 1.54) is 25.7 Å². The van der Waals surface area contributed by atoms with Gasteiger partial charge in [0.1, 0.15) is 0 Å². The van der Waals surface area contributed by atoms with Crippen LogP contribution in [0.5, 0.6) is 0 Å². The molecule has 0 aromatic carbocycles. The molecule has 2 aliphatic rings. The predicted octanol–water partition coefficient (Wildman–Crippen LogP) is 3.03. The van der Waals surface area contributed by atoms with Crippen molar-refractivity contribution in [3.63, 3.8) is 0 Å². The average Bonchev–Trinajstić information content (AvgIpc) is 2.74. The minimum Gasteiger partial charge on any atom is -0.352 e. The van der Waals surface area contributed by atoms with Gasteiger partial charge in [0, 0.05) is 19.1 Å². The molecule has 4 nitrogen and oxygen atoms in total. The molecule has 0 spiro atoms. The molecule has 1 atom stereocenters. The van der Waals surface area contributed by atoms with Gasteiger partial charge in [0.25, 0.3) is 0 Å². The first-order chi connectivity index (χ1) is 10.2. The van der Waals surface area contributed by atoms with E-state index in [0.29, 0.717) is 6.04 Å². The van der Waals surface area contributed by atoms with E-state index in [4.69, 9.17) is 0 Å². The van der Waals surface area contributed by atoms with Crippen molar-refractivity contribution in [3.8, 4) is 0 Å². The predicted molar refractivity (Wildman–Crippen MR) is 90.9 cm³/mol. The first-order valence-electron chi connectivity index (χ1n) is 8.47. The normalized spacial score (nSPS) is 21.8. The summed E-state index contributed by atoms with van der Waals surface area (Å²) in [7, 11) is 0. The number of amidine groups is 1. The zero-order valence-electron chi connectivity index (χ0n) is 13.4. The number of amides is 1. The maximum Gasteiger partial charge on any atom is 0.233 e. The Balaban J connectivity index is 1.79. The Morgan fingerprint density at radius 2 is 2.10 bits per heavy atom. The van der Waals surface area contributed by atoms with E-state index in [9.17, 15) is 4.79 Å². The first-order valence-corrected chi connectivity index (χ1v) is 9.35. The standard InChI is InChI=1S/C16H29N3OS/c1-3-11-19-12-10-17-16(19)21-13(2)15(20)18-14-8-6-4-5-7-9-14/h13-14H,3-12H2,1-2H3,(H,18,20). The molecule has 1 aliphatic heterocycles. The van der Waals surface area contributed by atoms with E-state index in [-0.39, 0.29) is 11.2 Å². The summed E-state index contributed by atoms with van der Waals surface area (Å²) in [5.41, 5.74) is 0. The molecule has 0 bridgehead atoms. The zero-order valence-corrected chi connectivity index (χ0v) is 14.3. The number of hydrogen-bond donors (Lipinski definition) is 1. The second kappa shape index (κ2) is 8.66. The highest BCUT2D eigenvalue weighted by atomic mass is 32.2. The maximum absolute atomic E-state index is 12.4.